The van der Waals surface area contributed by atoms with Crippen molar-refractivity contribution >= 4 is 0 Å². The SMILES string of the molecule is C1=CC2=CC=C(N3CC3)[I-]CC2C=C1. The third kappa shape index (κ3) is 1.67. The summed E-state index contributed by atoms with van der Waals surface area (Å²) in [6.07, 6.45) is 13.6. The molecule has 0 saturated carbocycles. The summed E-state index contributed by atoms with van der Waals surface area (Å²) in [6, 6.07) is 0. The van der Waals surface area contributed by atoms with Crippen LogP contribution < -0.4 is 21.2 Å². The number of hydrogen-bond acceptors (Lipinski definition) is 1. The summed E-state index contributed by atoms with van der Waals surface area (Å²) in [4.78, 5) is 2.51. The van der Waals surface area contributed by atoms with Gasteiger partial charge >= 0.3 is 95.3 Å². The van der Waals surface area contributed by atoms with Gasteiger partial charge in [0.05, 0.1) is 0 Å². The van der Waals surface area contributed by atoms with Crippen LogP contribution in [-0.4, -0.2) is 22.4 Å². The van der Waals surface area contributed by atoms with Crippen molar-refractivity contribution in [3.63, 3.8) is 0 Å². The maximum absolute atomic E-state index is 2.51. The van der Waals surface area contributed by atoms with E-state index in [2.05, 4.69) is 41.4 Å². The van der Waals surface area contributed by atoms with Crippen LogP contribution in [0.2, 0.25) is 0 Å². The summed E-state index contributed by atoms with van der Waals surface area (Å²) in [5.74, 6) is 0.710. The van der Waals surface area contributed by atoms with Gasteiger partial charge in [0, 0.05) is 0 Å². The minimum atomic E-state index is 0.247. The molecule has 1 nitrogen and oxygen atoms in total. The van der Waals surface area contributed by atoms with E-state index in [0.29, 0.717) is 5.92 Å². The van der Waals surface area contributed by atoms with Gasteiger partial charge in [-0.25, -0.2) is 0 Å². The first kappa shape index (κ1) is 8.77. The number of rotatable bonds is 1. The van der Waals surface area contributed by atoms with Crippen molar-refractivity contribution < 1.29 is 21.2 Å². The first-order chi connectivity index (χ1) is 6.93. The molecule has 0 aromatic heterocycles. The minimum absolute atomic E-state index is 0.247. The van der Waals surface area contributed by atoms with E-state index in [-0.39, 0.29) is 21.2 Å². The molecule has 0 N–H and O–H groups in total. The Kier molecular flexibility index (Phi) is 2.24. The van der Waals surface area contributed by atoms with Gasteiger partial charge in [0.25, 0.3) is 0 Å². The average Bonchev–Trinajstić information content (AvgIpc) is 3.03. The zero-order valence-corrected chi connectivity index (χ0v) is 10.1. The molecule has 0 amide bonds. The molecule has 3 rings (SSSR count). The topological polar surface area (TPSA) is 3.01 Å². The van der Waals surface area contributed by atoms with Gasteiger partial charge in [-0.1, -0.05) is 0 Å². The Balaban J connectivity index is 1.85. The predicted molar refractivity (Wildman–Crippen MR) is 54.4 cm³/mol. The van der Waals surface area contributed by atoms with Gasteiger partial charge in [-0.3, -0.25) is 0 Å². The van der Waals surface area contributed by atoms with Crippen LogP contribution >= 0.6 is 0 Å². The fourth-order valence-electron chi connectivity index (χ4n) is 1.74. The summed E-state index contributed by atoms with van der Waals surface area (Å²) in [5, 5.41) is 0. The second-order valence-electron chi connectivity index (χ2n) is 3.78. The van der Waals surface area contributed by atoms with E-state index in [1.807, 2.05) is 0 Å². The molecular weight excluding hydrogens is 285 g/mol. The van der Waals surface area contributed by atoms with Crippen LogP contribution in [-0.2, 0) is 0 Å². The molecule has 0 radical (unpaired) electrons. The molecule has 14 heavy (non-hydrogen) atoms. The molecule has 1 unspecified atom stereocenters. The second kappa shape index (κ2) is 3.57. The summed E-state index contributed by atoms with van der Waals surface area (Å²) in [6.45, 7) is 2.59. The number of allylic oxidation sites excluding steroid dienone is 7. The molecule has 2 aliphatic heterocycles. The Morgan fingerprint density at radius 1 is 1.21 bits per heavy atom. The van der Waals surface area contributed by atoms with E-state index >= 15 is 0 Å². The molecule has 1 atom stereocenters. The van der Waals surface area contributed by atoms with Crippen LogP contribution in [0.5, 0.6) is 0 Å². The van der Waals surface area contributed by atoms with Crippen molar-refractivity contribution in [1.82, 2.24) is 4.90 Å². The molecule has 3 aliphatic rings. The van der Waals surface area contributed by atoms with Crippen molar-refractivity contribution in [1.29, 1.82) is 0 Å². The van der Waals surface area contributed by atoms with E-state index in [4.69, 9.17) is 0 Å². The van der Waals surface area contributed by atoms with Crippen LogP contribution in [0.3, 0.4) is 0 Å². The van der Waals surface area contributed by atoms with E-state index in [0.717, 1.165) is 0 Å². The zero-order valence-electron chi connectivity index (χ0n) is 7.99. The molecule has 0 aromatic carbocycles. The summed E-state index contributed by atoms with van der Waals surface area (Å²) < 4.78 is 3.03. The molecule has 1 saturated heterocycles. The van der Waals surface area contributed by atoms with E-state index in [1.165, 1.54) is 23.1 Å². The van der Waals surface area contributed by atoms with Gasteiger partial charge in [0.1, 0.15) is 0 Å². The molecule has 1 fully saturated rings. The number of halogens is 1. The third-order valence-corrected chi connectivity index (χ3v) is 5.93. The third-order valence-electron chi connectivity index (χ3n) is 2.71. The van der Waals surface area contributed by atoms with Gasteiger partial charge in [-0.15, -0.1) is 0 Å². The monoisotopic (exact) mass is 298 g/mol. The van der Waals surface area contributed by atoms with Gasteiger partial charge in [-0.05, 0) is 0 Å². The van der Waals surface area contributed by atoms with Crippen molar-refractivity contribution in [2.45, 2.75) is 0 Å². The van der Waals surface area contributed by atoms with E-state index in [9.17, 15) is 0 Å². The Hall–Kier alpha value is -0.510. The van der Waals surface area contributed by atoms with Crippen LogP contribution in [0.25, 0.3) is 0 Å². The molecule has 1 aliphatic carbocycles. The zero-order chi connectivity index (χ0) is 9.38. The Morgan fingerprint density at radius 2 is 2.14 bits per heavy atom. The van der Waals surface area contributed by atoms with Gasteiger partial charge in [-0.2, -0.15) is 0 Å². The Bertz CT molecular complexity index is 359. The summed E-state index contributed by atoms with van der Waals surface area (Å²) >= 11 is 0.247. The summed E-state index contributed by atoms with van der Waals surface area (Å²) in [5.41, 5.74) is 1.50. The normalized spacial score (nSPS) is 29.7. The Labute approximate surface area is 95.1 Å². The predicted octanol–water partition coefficient (Wildman–Crippen LogP) is -1.09. The van der Waals surface area contributed by atoms with E-state index in [1.54, 1.807) is 3.70 Å². The van der Waals surface area contributed by atoms with Crippen molar-refractivity contribution in [2.75, 3.05) is 17.5 Å². The fraction of sp³-hybridized carbons (Fsp3) is 0.333. The van der Waals surface area contributed by atoms with Crippen LogP contribution in [0.4, 0.5) is 0 Å². The van der Waals surface area contributed by atoms with Crippen LogP contribution in [0, 0.1) is 5.92 Å². The standard InChI is InChI=1S/C12H13IN/c1-2-4-11-9-13-12(14-7-8-14)6-5-10(11)3-1/h1-6,11H,7-9H2/q-1. The van der Waals surface area contributed by atoms with Gasteiger partial charge in [0.2, 0.25) is 0 Å². The second-order valence-corrected chi connectivity index (χ2v) is 6.53. The van der Waals surface area contributed by atoms with Gasteiger partial charge in [0.15, 0.2) is 0 Å². The number of hydrogen-bond donors (Lipinski definition) is 0. The molecule has 0 bridgehead atoms. The molecule has 0 spiro atoms. The van der Waals surface area contributed by atoms with Crippen LogP contribution in [0.15, 0.2) is 45.7 Å². The number of alkyl halides is 1. The van der Waals surface area contributed by atoms with Crippen molar-refractivity contribution in [3.8, 4) is 0 Å². The molecule has 2 heteroatoms. The van der Waals surface area contributed by atoms with Crippen molar-refractivity contribution in [2.24, 2.45) is 5.92 Å². The van der Waals surface area contributed by atoms with Crippen LogP contribution in [0.1, 0.15) is 0 Å². The molecule has 0 aromatic rings. The first-order valence-electron chi connectivity index (χ1n) is 5.04. The number of nitrogens with zero attached hydrogens (tertiary/aromatic N) is 1. The van der Waals surface area contributed by atoms with Crippen molar-refractivity contribution in [3.05, 3.63) is 45.7 Å². The van der Waals surface area contributed by atoms with Gasteiger partial charge < -0.3 is 0 Å². The molecule has 2 heterocycles. The first-order valence-corrected chi connectivity index (χ1v) is 7.65. The number of fused-ring (bicyclic) bond motifs is 1. The average molecular weight is 298 g/mol. The van der Waals surface area contributed by atoms with E-state index < -0.39 is 0 Å². The molecular formula is C12H13IN-. The quantitative estimate of drug-likeness (QED) is 0.257. The molecule has 74 valence electrons. The fourth-order valence-corrected chi connectivity index (χ4v) is 4.87. The summed E-state index contributed by atoms with van der Waals surface area (Å²) in [7, 11) is 0. The maximum atomic E-state index is 2.51. The Morgan fingerprint density at radius 3 is 3.00 bits per heavy atom.